The van der Waals surface area contributed by atoms with Crippen LogP contribution in [-0.2, 0) is 6.54 Å². The molecule has 1 N–H and O–H groups in total. The average Bonchev–Trinajstić information content (AvgIpc) is 3.45. The van der Waals surface area contributed by atoms with Gasteiger partial charge in [0.15, 0.2) is 0 Å². The van der Waals surface area contributed by atoms with Crippen LogP contribution in [0.25, 0.3) is 5.69 Å². The van der Waals surface area contributed by atoms with Crippen LogP contribution in [0, 0.1) is 0 Å². The number of fused-ring (bicyclic) bond motifs is 3. The first-order valence-corrected chi connectivity index (χ1v) is 10.6. The molecular weight excluding hydrogens is 394 g/mol. The highest BCUT2D eigenvalue weighted by atomic mass is 32.1. The molecule has 0 fully saturated rings. The largest absolute Gasteiger partial charge is 0.497 e. The summed E-state index contributed by atoms with van der Waals surface area (Å²) in [4.78, 5) is 16.6. The lowest BCUT2D eigenvalue weighted by Crippen LogP contribution is -2.37. The molecule has 1 aliphatic heterocycles. The number of hydrogen-bond donors (Lipinski definition) is 1. The van der Waals surface area contributed by atoms with Crippen molar-refractivity contribution in [2.24, 2.45) is 0 Å². The summed E-state index contributed by atoms with van der Waals surface area (Å²) in [6.07, 6.45) is 2.07. The normalized spacial score (nSPS) is 15.1. The predicted molar refractivity (Wildman–Crippen MR) is 119 cm³/mol. The summed E-state index contributed by atoms with van der Waals surface area (Å²) in [6, 6.07) is 23.6. The summed E-state index contributed by atoms with van der Waals surface area (Å²) in [7, 11) is 1.62. The molecule has 0 aliphatic carbocycles. The summed E-state index contributed by atoms with van der Waals surface area (Å²) in [5, 5.41) is 5.12. The van der Waals surface area contributed by atoms with Gasteiger partial charge in [-0.2, -0.15) is 0 Å². The second-order valence-corrected chi connectivity index (χ2v) is 8.12. The Balaban J connectivity index is 1.59. The Kier molecular flexibility index (Phi) is 4.77. The number of nitrogens with zero attached hydrogens (tertiary/aromatic N) is 2. The fraction of sp³-hybridized carbons (Fsp3) is 0.125. The molecule has 2 amide bonds. The maximum atomic E-state index is 13.5. The van der Waals surface area contributed by atoms with Crippen molar-refractivity contribution in [1.82, 2.24) is 9.47 Å². The standard InChI is InChI=1S/C24H21N3O2S/c1-29-19-9-4-8-18(15-19)25-24(28)27-16-17-7-2-3-10-20(17)26-13-5-11-21(26)23(27)22-12-6-14-30-22/h2-15,23H,16H2,1H3,(H,25,28). The van der Waals surface area contributed by atoms with Gasteiger partial charge in [0.1, 0.15) is 11.8 Å². The summed E-state index contributed by atoms with van der Waals surface area (Å²) < 4.78 is 7.49. The number of hydrogen-bond acceptors (Lipinski definition) is 3. The molecule has 5 rings (SSSR count). The van der Waals surface area contributed by atoms with E-state index in [-0.39, 0.29) is 12.1 Å². The molecule has 3 heterocycles. The van der Waals surface area contributed by atoms with E-state index in [2.05, 4.69) is 45.7 Å². The Morgan fingerprint density at radius 2 is 1.97 bits per heavy atom. The van der Waals surface area contributed by atoms with Crippen molar-refractivity contribution >= 4 is 23.1 Å². The van der Waals surface area contributed by atoms with E-state index in [0.717, 1.165) is 21.8 Å². The van der Waals surface area contributed by atoms with E-state index in [1.165, 1.54) is 0 Å². The molecule has 5 nitrogen and oxygen atoms in total. The Morgan fingerprint density at radius 1 is 1.07 bits per heavy atom. The number of methoxy groups -OCH3 is 1. The van der Waals surface area contributed by atoms with E-state index < -0.39 is 0 Å². The highest BCUT2D eigenvalue weighted by Gasteiger charge is 2.33. The van der Waals surface area contributed by atoms with Gasteiger partial charge in [0.05, 0.1) is 25.0 Å². The van der Waals surface area contributed by atoms with Gasteiger partial charge in [-0.05, 0) is 47.3 Å². The molecule has 30 heavy (non-hydrogen) atoms. The van der Waals surface area contributed by atoms with Crippen molar-refractivity contribution in [2.75, 3.05) is 12.4 Å². The summed E-state index contributed by atoms with van der Waals surface area (Å²) >= 11 is 1.66. The lowest BCUT2D eigenvalue weighted by molar-refractivity contribution is 0.195. The van der Waals surface area contributed by atoms with E-state index in [1.807, 2.05) is 53.4 Å². The number of ether oxygens (including phenoxy) is 1. The zero-order valence-electron chi connectivity index (χ0n) is 16.5. The van der Waals surface area contributed by atoms with Crippen LogP contribution in [-0.4, -0.2) is 22.6 Å². The number of urea groups is 1. The Morgan fingerprint density at radius 3 is 2.80 bits per heavy atom. The van der Waals surface area contributed by atoms with Crippen LogP contribution in [0.5, 0.6) is 5.75 Å². The lowest BCUT2D eigenvalue weighted by Gasteiger charge is -2.30. The van der Waals surface area contributed by atoms with Crippen LogP contribution in [0.15, 0.2) is 84.4 Å². The van der Waals surface area contributed by atoms with Crippen LogP contribution < -0.4 is 10.1 Å². The van der Waals surface area contributed by atoms with Crippen LogP contribution >= 0.6 is 11.3 Å². The molecular formula is C24H21N3O2S. The topological polar surface area (TPSA) is 46.5 Å². The number of benzene rings is 2. The summed E-state index contributed by atoms with van der Waals surface area (Å²) in [5.74, 6) is 0.706. The number of aromatic nitrogens is 1. The van der Waals surface area contributed by atoms with Crippen molar-refractivity contribution in [1.29, 1.82) is 0 Å². The number of amides is 2. The highest BCUT2D eigenvalue weighted by Crippen LogP contribution is 2.38. The minimum absolute atomic E-state index is 0.147. The molecule has 0 radical (unpaired) electrons. The van der Waals surface area contributed by atoms with Gasteiger partial charge in [-0.25, -0.2) is 4.79 Å². The van der Waals surface area contributed by atoms with Crippen molar-refractivity contribution in [3.05, 3.63) is 101 Å². The molecule has 1 atom stereocenters. The molecule has 2 aromatic heterocycles. The SMILES string of the molecule is COc1cccc(NC(=O)N2Cc3ccccc3-n3cccc3C2c2cccs2)c1. The van der Waals surface area contributed by atoms with Gasteiger partial charge in [0, 0.05) is 22.8 Å². The monoisotopic (exact) mass is 415 g/mol. The first kappa shape index (κ1) is 18.5. The van der Waals surface area contributed by atoms with Crippen LogP contribution in [0.4, 0.5) is 10.5 Å². The van der Waals surface area contributed by atoms with Crippen LogP contribution in [0.3, 0.4) is 0 Å². The molecule has 0 spiro atoms. The maximum absolute atomic E-state index is 13.5. The third-order valence-corrected chi connectivity index (χ3v) is 6.28. The number of anilines is 1. The molecule has 4 aromatic rings. The van der Waals surface area contributed by atoms with Gasteiger partial charge >= 0.3 is 6.03 Å². The van der Waals surface area contributed by atoms with Gasteiger partial charge in [-0.3, -0.25) is 0 Å². The molecule has 1 aliphatic rings. The van der Waals surface area contributed by atoms with Gasteiger partial charge in [-0.1, -0.05) is 30.3 Å². The predicted octanol–water partition coefficient (Wildman–Crippen LogP) is 5.68. The third-order valence-electron chi connectivity index (χ3n) is 5.36. The number of carbonyl (C=O) groups is 1. The zero-order chi connectivity index (χ0) is 20.5. The third kappa shape index (κ3) is 3.25. The van der Waals surface area contributed by atoms with Crippen molar-refractivity contribution in [3.63, 3.8) is 0 Å². The van der Waals surface area contributed by atoms with Gasteiger partial charge in [-0.15, -0.1) is 11.3 Å². The second-order valence-electron chi connectivity index (χ2n) is 7.14. The van der Waals surface area contributed by atoms with Gasteiger partial charge in [0.25, 0.3) is 0 Å². The lowest BCUT2D eigenvalue weighted by atomic mass is 10.1. The van der Waals surface area contributed by atoms with E-state index in [1.54, 1.807) is 18.4 Å². The molecule has 150 valence electrons. The first-order chi connectivity index (χ1) is 14.7. The highest BCUT2D eigenvalue weighted by molar-refractivity contribution is 7.10. The van der Waals surface area contributed by atoms with Gasteiger partial charge < -0.3 is 19.5 Å². The molecule has 2 aromatic carbocycles. The van der Waals surface area contributed by atoms with Crippen molar-refractivity contribution in [2.45, 2.75) is 12.6 Å². The second kappa shape index (κ2) is 7.72. The zero-order valence-corrected chi connectivity index (χ0v) is 17.3. The Bertz CT molecular complexity index is 1180. The Hall–Kier alpha value is -3.51. The minimum atomic E-state index is -0.182. The molecule has 0 saturated heterocycles. The van der Waals surface area contributed by atoms with Crippen LogP contribution in [0.1, 0.15) is 22.2 Å². The minimum Gasteiger partial charge on any atom is -0.497 e. The molecule has 0 saturated carbocycles. The first-order valence-electron chi connectivity index (χ1n) is 9.75. The fourth-order valence-corrected chi connectivity index (χ4v) is 4.83. The van der Waals surface area contributed by atoms with E-state index in [9.17, 15) is 4.79 Å². The maximum Gasteiger partial charge on any atom is 0.323 e. The Labute approximate surface area is 179 Å². The molecule has 1 unspecified atom stereocenters. The summed E-state index contributed by atoms with van der Waals surface area (Å²) in [6.45, 7) is 0.510. The van der Waals surface area contributed by atoms with Crippen LogP contribution in [0.2, 0.25) is 0 Å². The number of nitrogens with one attached hydrogen (secondary N) is 1. The quantitative estimate of drug-likeness (QED) is 0.468. The average molecular weight is 416 g/mol. The summed E-state index contributed by atoms with van der Waals surface area (Å²) in [5.41, 5.74) is 3.99. The van der Waals surface area contributed by atoms with Crippen molar-refractivity contribution in [3.8, 4) is 11.4 Å². The molecule has 0 bridgehead atoms. The number of thiophene rings is 1. The van der Waals surface area contributed by atoms with Gasteiger partial charge in [0.2, 0.25) is 0 Å². The van der Waals surface area contributed by atoms with E-state index >= 15 is 0 Å². The van der Waals surface area contributed by atoms with E-state index in [0.29, 0.717) is 18.0 Å². The number of carbonyl (C=O) groups excluding carboxylic acids is 1. The number of para-hydroxylation sites is 1. The van der Waals surface area contributed by atoms with Crippen molar-refractivity contribution < 1.29 is 9.53 Å². The smallest absolute Gasteiger partial charge is 0.323 e. The fourth-order valence-electron chi connectivity index (χ4n) is 3.98. The molecule has 6 heteroatoms. The van der Waals surface area contributed by atoms with E-state index in [4.69, 9.17) is 4.74 Å². The number of rotatable bonds is 3.